The Balaban J connectivity index is 1.45. The minimum atomic E-state index is -5.15. The van der Waals surface area contributed by atoms with Crippen LogP contribution in [0.3, 0.4) is 0 Å². The van der Waals surface area contributed by atoms with Crippen LogP contribution < -0.4 is 30.4 Å². The highest BCUT2D eigenvalue weighted by Gasteiger charge is 2.37. The minimum absolute atomic E-state index is 0.00193. The molecule has 14 heteroatoms. The third-order valence-corrected chi connectivity index (χ3v) is 7.71. The molecule has 0 radical (unpaired) electrons. The zero-order valence-corrected chi connectivity index (χ0v) is 27.5. The predicted octanol–water partition coefficient (Wildman–Crippen LogP) is 11.5. The van der Waals surface area contributed by atoms with Crippen LogP contribution in [0.2, 0.25) is 0 Å². The molecule has 6 rings (SSSR count). The first-order valence-electron chi connectivity index (χ1n) is 15.6. The van der Waals surface area contributed by atoms with Crippen LogP contribution in [0.4, 0.5) is 37.7 Å². The molecule has 8 nitrogen and oxygen atoms in total. The number of nitrogens with zero attached hydrogens (tertiary/aromatic N) is 2. The lowest BCUT2D eigenvalue weighted by molar-refractivity contribution is -0.143. The van der Waals surface area contributed by atoms with E-state index >= 15 is 0 Å². The number of ether oxygens (including phenoxy) is 4. The van der Waals surface area contributed by atoms with Gasteiger partial charge in [-0.3, -0.25) is 0 Å². The Hall–Kier alpha value is -7.32. The topological polar surface area (TPSA) is 137 Å². The first-order valence-corrected chi connectivity index (χ1v) is 15.6. The molecule has 0 bridgehead atoms. The highest BCUT2D eigenvalue weighted by molar-refractivity contribution is 5.75. The number of alkyl halides is 6. The Kier molecular flexibility index (Phi) is 9.95. The summed E-state index contributed by atoms with van der Waals surface area (Å²) in [5, 5.41) is 20.1. The van der Waals surface area contributed by atoms with Crippen LogP contribution >= 0.6 is 0 Å². The van der Waals surface area contributed by atoms with E-state index < -0.39 is 29.0 Å². The molecule has 6 aromatic rings. The van der Waals surface area contributed by atoms with Crippen molar-refractivity contribution in [3.05, 3.63) is 144 Å². The SMILES string of the molecule is N#Cc1c(Oc2ccc(N)cc2)cccc1Oc1ccc(Oc2cccc(Oc3ccc(N)cc3)c2C#N)c(-c2cc(C(F)(F)F)cc(C(F)(F)F)c2)c1. The van der Waals surface area contributed by atoms with Crippen molar-refractivity contribution in [1.82, 2.24) is 0 Å². The third-order valence-electron chi connectivity index (χ3n) is 7.71. The van der Waals surface area contributed by atoms with Gasteiger partial charge in [0, 0.05) is 16.9 Å². The molecule has 0 heterocycles. The van der Waals surface area contributed by atoms with Crippen molar-refractivity contribution in [2.24, 2.45) is 0 Å². The van der Waals surface area contributed by atoms with Gasteiger partial charge in [0.1, 0.15) is 69.3 Å². The molecular formula is C40H24F6N4O4. The van der Waals surface area contributed by atoms with Gasteiger partial charge in [0.05, 0.1) is 11.1 Å². The Bertz CT molecular complexity index is 2390. The number of benzene rings is 6. The lowest BCUT2D eigenvalue weighted by Crippen LogP contribution is -2.11. The first kappa shape index (κ1) is 36.5. The molecule has 0 saturated heterocycles. The Morgan fingerprint density at radius 3 is 1.24 bits per heavy atom. The van der Waals surface area contributed by atoms with E-state index in [1.807, 2.05) is 12.1 Å². The molecule has 0 aliphatic heterocycles. The fraction of sp³-hybridized carbons (Fsp3) is 0.0500. The second kappa shape index (κ2) is 14.7. The van der Waals surface area contributed by atoms with Crippen molar-refractivity contribution in [2.75, 3.05) is 11.5 Å². The van der Waals surface area contributed by atoms with Crippen LogP contribution in [-0.4, -0.2) is 0 Å². The van der Waals surface area contributed by atoms with E-state index in [9.17, 15) is 36.9 Å². The zero-order valence-electron chi connectivity index (χ0n) is 27.5. The van der Waals surface area contributed by atoms with Crippen molar-refractivity contribution >= 4 is 11.4 Å². The Morgan fingerprint density at radius 1 is 0.444 bits per heavy atom. The summed E-state index contributed by atoms with van der Waals surface area (Å²) in [6.45, 7) is 0. The van der Waals surface area contributed by atoms with Crippen LogP contribution in [0, 0.1) is 22.7 Å². The summed E-state index contributed by atoms with van der Waals surface area (Å²) in [5.41, 5.74) is 8.28. The largest absolute Gasteiger partial charge is 0.456 e. The molecule has 6 aromatic carbocycles. The van der Waals surface area contributed by atoms with Crippen LogP contribution in [0.15, 0.2) is 121 Å². The summed E-state index contributed by atoms with van der Waals surface area (Å²) in [7, 11) is 0. The van der Waals surface area contributed by atoms with Gasteiger partial charge < -0.3 is 30.4 Å². The summed E-state index contributed by atoms with van der Waals surface area (Å²) in [4.78, 5) is 0. The molecule has 0 aromatic heterocycles. The fourth-order valence-corrected chi connectivity index (χ4v) is 5.15. The molecule has 0 unspecified atom stereocenters. The second-order valence-corrected chi connectivity index (χ2v) is 11.5. The van der Waals surface area contributed by atoms with Gasteiger partial charge in [0.15, 0.2) is 0 Å². The van der Waals surface area contributed by atoms with Crippen LogP contribution in [0.25, 0.3) is 11.1 Å². The molecule has 0 amide bonds. The van der Waals surface area contributed by atoms with Gasteiger partial charge in [-0.15, -0.1) is 0 Å². The number of nitrogen functional groups attached to an aromatic ring is 2. The van der Waals surface area contributed by atoms with Gasteiger partial charge in [-0.25, -0.2) is 0 Å². The van der Waals surface area contributed by atoms with E-state index in [-0.39, 0.29) is 57.3 Å². The lowest BCUT2D eigenvalue weighted by atomic mass is 9.98. The molecule has 270 valence electrons. The van der Waals surface area contributed by atoms with Crippen molar-refractivity contribution < 1.29 is 45.3 Å². The highest BCUT2D eigenvalue weighted by Crippen LogP contribution is 2.45. The Labute approximate surface area is 303 Å². The van der Waals surface area contributed by atoms with E-state index in [4.69, 9.17) is 30.4 Å². The number of anilines is 2. The van der Waals surface area contributed by atoms with Gasteiger partial charge in [-0.1, -0.05) is 12.1 Å². The molecule has 0 spiro atoms. The molecule has 0 aliphatic rings. The minimum Gasteiger partial charge on any atom is -0.456 e. The van der Waals surface area contributed by atoms with Gasteiger partial charge in [0.2, 0.25) is 0 Å². The van der Waals surface area contributed by atoms with E-state index in [0.717, 1.165) is 6.07 Å². The molecule has 4 N–H and O–H groups in total. The van der Waals surface area contributed by atoms with Gasteiger partial charge >= 0.3 is 12.4 Å². The van der Waals surface area contributed by atoms with Crippen molar-refractivity contribution in [3.63, 3.8) is 0 Å². The monoisotopic (exact) mass is 738 g/mol. The summed E-state index contributed by atoms with van der Waals surface area (Å²) in [5.74, 6) is 0.326. The number of hydrogen-bond donors (Lipinski definition) is 2. The molecule has 0 fully saturated rings. The summed E-state index contributed by atoms with van der Waals surface area (Å²) in [6, 6.07) is 30.2. The lowest BCUT2D eigenvalue weighted by Gasteiger charge is -2.19. The maximum atomic E-state index is 14.0. The van der Waals surface area contributed by atoms with Crippen molar-refractivity contribution in [1.29, 1.82) is 10.5 Å². The molecular weight excluding hydrogens is 714 g/mol. The maximum absolute atomic E-state index is 14.0. The summed E-state index contributed by atoms with van der Waals surface area (Å²) < 4.78 is 108. The second-order valence-electron chi connectivity index (χ2n) is 11.5. The highest BCUT2D eigenvalue weighted by atomic mass is 19.4. The molecule has 0 atom stereocenters. The number of rotatable bonds is 9. The van der Waals surface area contributed by atoms with E-state index in [0.29, 0.717) is 35.0 Å². The van der Waals surface area contributed by atoms with Crippen LogP contribution in [0.1, 0.15) is 22.3 Å². The summed E-state index contributed by atoms with van der Waals surface area (Å²) in [6.07, 6.45) is -10.3. The standard InChI is InChI=1S/C40H24F6N4O4/c41-39(42,43)24-17-23(18-25(19-24)40(44,45)46)31-20-30(53-36-5-1-3-34(32(36)21-47)51-28-11-7-26(49)8-12-28)15-16-38(31)54-37-6-2-4-35(33(37)22-48)52-29-13-9-27(50)10-14-29/h1-20H,49-50H2. The number of halogens is 6. The van der Waals surface area contributed by atoms with E-state index in [2.05, 4.69) is 0 Å². The maximum Gasteiger partial charge on any atom is 0.416 e. The van der Waals surface area contributed by atoms with Gasteiger partial charge in [-0.05, 0) is 115 Å². The van der Waals surface area contributed by atoms with Crippen LogP contribution in [-0.2, 0) is 12.4 Å². The quantitative estimate of drug-likeness (QED) is 0.110. The number of nitrogens with two attached hydrogens (primary N) is 2. The zero-order chi connectivity index (χ0) is 38.6. The van der Waals surface area contributed by atoms with Gasteiger partial charge in [0.25, 0.3) is 0 Å². The predicted molar refractivity (Wildman–Crippen MR) is 186 cm³/mol. The number of nitriles is 2. The molecule has 0 aliphatic carbocycles. The van der Waals surface area contributed by atoms with Crippen LogP contribution in [0.5, 0.6) is 46.0 Å². The van der Waals surface area contributed by atoms with E-state index in [1.165, 1.54) is 48.5 Å². The number of hydrogen-bond acceptors (Lipinski definition) is 8. The van der Waals surface area contributed by atoms with Crippen molar-refractivity contribution in [2.45, 2.75) is 12.4 Å². The molecule has 0 saturated carbocycles. The normalized spacial score (nSPS) is 11.3. The average Bonchev–Trinajstić information content (AvgIpc) is 3.13. The van der Waals surface area contributed by atoms with E-state index in [1.54, 1.807) is 48.5 Å². The van der Waals surface area contributed by atoms with Crippen molar-refractivity contribution in [3.8, 4) is 69.3 Å². The summed E-state index contributed by atoms with van der Waals surface area (Å²) >= 11 is 0. The average molecular weight is 739 g/mol. The fourth-order valence-electron chi connectivity index (χ4n) is 5.15. The first-order chi connectivity index (χ1) is 25.7. The smallest absolute Gasteiger partial charge is 0.416 e. The van der Waals surface area contributed by atoms with Gasteiger partial charge in [-0.2, -0.15) is 36.9 Å². The Morgan fingerprint density at radius 2 is 0.833 bits per heavy atom. The third kappa shape index (κ3) is 8.25. The molecule has 54 heavy (non-hydrogen) atoms.